The molecule has 0 saturated carbocycles. The molecule has 1 N–H and O–H groups in total. The Morgan fingerprint density at radius 3 is 2.80 bits per heavy atom. The molecule has 1 aromatic carbocycles. The van der Waals surface area contributed by atoms with Gasteiger partial charge in [-0.2, -0.15) is 5.10 Å². The standard InChI is InChI=1S/C23H31N3O3S/c1-5-11-28-18-8-6-16(7-9-18)21-20-15(2)25-26(22(20)24-19(27)14-30-21)17-10-12-29-23(3,4)13-17/h6-9,17,21H,5,10-14H2,1-4H3,(H,24,27)/t17-,21-/m1/s1. The maximum atomic E-state index is 12.5. The summed E-state index contributed by atoms with van der Waals surface area (Å²) < 4.78 is 13.7. The highest BCUT2D eigenvalue weighted by Crippen LogP contribution is 2.45. The van der Waals surface area contributed by atoms with Crippen molar-refractivity contribution < 1.29 is 14.3 Å². The lowest BCUT2D eigenvalue weighted by Gasteiger charge is -2.36. The van der Waals surface area contributed by atoms with E-state index in [0.29, 0.717) is 19.0 Å². The lowest BCUT2D eigenvalue weighted by atomic mass is 9.94. The zero-order chi connectivity index (χ0) is 21.3. The number of hydrogen-bond acceptors (Lipinski definition) is 5. The van der Waals surface area contributed by atoms with Crippen LogP contribution in [0.4, 0.5) is 5.82 Å². The second-order valence-corrected chi connectivity index (χ2v) is 9.80. The van der Waals surface area contributed by atoms with Crippen molar-refractivity contribution in [3.8, 4) is 5.75 Å². The molecule has 1 amide bonds. The van der Waals surface area contributed by atoms with E-state index in [1.54, 1.807) is 11.8 Å². The first-order chi connectivity index (χ1) is 14.4. The molecule has 0 bridgehead atoms. The largest absolute Gasteiger partial charge is 0.494 e. The van der Waals surface area contributed by atoms with E-state index in [1.807, 2.05) is 23.7 Å². The van der Waals surface area contributed by atoms with Crippen LogP contribution in [0.1, 0.15) is 68.1 Å². The quantitative estimate of drug-likeness (QED) is 0.733. The molecule has 6 nitrogen and oxygen atoms in total. The highest BCUT2D eigenvalue weighted by molar-refractivity contribution is 8.00. The van der Waals surface area contributed by atoms with Gasteiger partial charge in [0.15, 0.2) is 0 Å². The van der Waals surface area contributed by atoms with Crippen molar-refractivity contribution in [3.63, 3.8) is 0 Å². The third-order valence-electron chi connectivity index (χ3n) is 5.71. The summed E-state index contributed by atoms with van der Waals surface area (Å²) in [5.74, 6) is 2.18. The normalized spacial score (nSPS) is 23.4. The van der Waals surface area contributed by atoms with Gasteiger partial charge in [-0.15, -0.1) is 11.8 Å². The molecule has 2 atom stereocenters. The predicted octanol–water partition coefficient (Wildman–Crippen LogP) is 4.89. The third-order valence-corrected chi connectivity index (χ3v) is 6.98. The molecule has 0 spiro atoms. The van der Waals surface area contributed by atoms with Crippen LogP contribution in [-0.4, -0.2) is 40.3 Å². The second kappa shape index (κ2) is 8.63. The minimum Gasteiger partial charge on any atom is -0.494 e. The van der Waals surface area contributed by atoms with E-state index in [2.05, 4.69) is 38.2 Å². The number of benzene rings is 1. The first-order valence-electron chi connectivity index (χ1n) is 10.7. The maximum absolute atomic E-state index is 12.5. The summed E-state index contributed by atoms with van der Waals surface area (Å²) in [5, 5.41) is 8.11. The fourth-order valence-corrected chi connectivity index (χ4v) is 5.49. The molecule has 7 heteroatoms. The van der Waals surface area contributed by atoms with Crippen LogP contribution in [0, 0.1) is 6.92 Å². The van der Waals surface area contributed by atoms with Crippen LogP contribution in [-0.2, 0) is 9.53 Å². The molecule has 2 aliphatic heterocycles. The summed E-state index contributed by atoms with van der Waals surface area (Å²) in [4.78, 5) is 12.5. The van der Waals surface area contributed by atoms with Gasteiger partial charge in [-0.25, -0.2) is 4.68 Å². The fourth-order valence-electron chi connectivity index (χ4n) is 4.30. The van der Waals surface area contributed by atoms with Gasteiger partial charge in [-0.05, 0) is 57.7 Å². The Hall–Kier alpha value is -1.99. The van der Waals surface area contributed by atoms with Gasteiger partial charge in [0.05, 0.1) is 34.9 Å². The molecule has 2 aliphatic rings. The van der Waals surface area contributed by atoms with Gasteiger partial charge in [0.1, 0.15) is 11.6 Å². The third kappa shape index (κ3) is 4.37. The van der Waals surface area contributed by atoms with Gasteiger partial charge in [-0.3, -0.25) is 4.79 Å². The van der Waals surface area contributed by atoms with Crippen molar-refractivity contribution in [3.05, 3.63) is 41.1 Å². The molecule has 1 saturated heterocycles. The number of thioether (sulfide) groups is 1. The maximum Gasteiger partial charge on any atom is 0.235 e. The van der Waals surface area contributed by atoms with Crippen molar-refractivity contribution >= 4 is 23.5 Å². The molecule has 4 rings (SSSR count). The first kappa shape index (κ1) is 21.2. The summed E-state index contributed by atoms with van der Waals surface area (Å²) in [6.07, 6.45) is 2.75. The second-order valence-electron chi connectivity index (χ2n) is 8.70. The van der Waals surface area contributed by atoms with Crippen LogP contribution < -0.4 is 10.1 Å². The molecule has 0 unspecified atom stereocenters. The van der Waals surface area contributed by atoms with Gasteiger partial charge in [0, 0.05) is 12.2 Å². The van der Waals surface area contributed by atoms with Crippen molar-refractivity contribution in [2.75, 3.05) is 24.3 Å². The number of carbonyl (C=O) groups is 1. The number of fused-ring (bicyclic) bond motifs is 1. The number of aryl methyl sites for hydroxylation is 1. The average molecular weight is 430 g/mol. The van der Waals surface area contributed by atoms with Gasteiger partial charge in [-0.1, -0.05) is 19.1 Å². The molecule has 0 radical (unpaired) electrons. The minimum absolute atomic E-state index is 0.0270. The number of rotatable bonds is 5. The van der Waals surface area contributed by atoms with Gasteiger partial charge >= 0.3 is 0 Å². The van der Waals surface area contributed by atoms with E-state index in [-0.39, 0.29) is 22.8 Å². The molecular formula is C23H31N3O3S. The average Bonchev–Trinajstić information content (AvgIpc) is 2.91. The Morgan fingerprint density at radius 2 is 2.10 bits per heavy atom. The molecule has 3 heterocycles. The number of carbonyl (C=O) groups excluding carboxylic acids is 1. The number of anilines is 1. The Bertz CT molecular complexity index is 907. The SMILES string of the molecule is CCCOc1ccc([C@H]2SCC(=O)Nc3c2c(C)nn3[C@@H]2CCOC(C)(C)C2)cc1. The molecule has 1 fully saturated rings. The highest BCUT2D eigenvalue weighted by Gasteiger charge is 2.36. The zero-order valence-corrected chi connectivity index (χ0v) is 19.1. The van der Waals surface area contributed by atoms with Crippen molar-refractivity contribution in [1.82, 2.24) is 9.78 Å². The summed E-state index contributed by atoms with van der Waals surface area (Å²) in [6, 6.07) is 8.47. The van der Waals surface area contributed by atoms with Crippen LogP contribution in [0.15, 0.2) is 24.3 Å². The van der Waals surface area contributed by atoms with E-state index in [0.717, 1.165) is 47.7 Å². The summed E-state index contributed by atoms with van der Waals surface area (Å²) in [6.45, 7) is 9.80. The predicted molar refractivity (Wildman–Crippen MR) is 120 cm³/mol. The van der Waals surface area contributed by atoms with Crippen molar-refractivity contribution in [2.45, 2.75) is 63.9 Å². The lowest BCUT2D eigenvalue weighted by molar-refractivity contribution is -0.113. The van der Waals surface area contributed by atoms with Crippen molar-refractivity contribution in [2.24, 2.45) is 0 Å². The van der Waals surface area contributed by atoms with E-state index in [1.165, 1.54) is 0 Å². The number of aromatic nitrogens is 2. The van der Waals surface area contributed by atoms with Crippen LogP contribution in [0.25, 0.3) is 0 Å². The summed E-state index contributed by atoms with van der Waals surface area (Å²) in [5.41, 5.74) is 3.06. The zero-order valence-electron chi connectivity index (χ0n) is 18.2. The summed E-state index contributed by atoms with van der Waals surface area (Å²) >= 11 is 1.65. The Morgan fingerprint density at radius 1 is 1.33 bits per heavy atom. The van der Waals surface area contributed by atoms with Crippen LogP contribution in [0.2, 0.25) is 0 Å². The number of hydrogen-bond donors (Lipinski definition) is 1. The van der Waals surface area contributed by atoms with Gasteiger partial charge in [0.2, 0.25) is 5.91 Å². The van der Waals surface area contributed by atoms with Crippen LogP contribution in [0.5, 0.6) is 5.75 Å². The molecule has 2 aromatic rings. The fraction of sp³-hybridized carbons (Fsp3) is 0.565. The molecule has 1 aromatic heterocycles. The topological polar surface area (TPSA) is 65.4 Å². The molecule has 162 valence electrons. The van der Waals surface area contributed by atoms with E-state index in [9.17, 15) is 4.79 Å². The number of ether oxygens (including phenoxy) is 2. The highest BCUT2D eigenvalue weighted by atomic mass is 32.2. The molecular weight excluding hydrogens is 398 g/mol. The monoisotopic (exact) mass is 429 g/mol. The smallest absolute Gasteiger partial charge is 0.235 e. The minimum atomic E-state index is -0.188. The molecule has 30 heavy (non-hydrogen) atoms. The number of nitrogens with one attached hydrogen (secondary N) is 1. The Labute approximate surface area is 182 Å². The van der Waals surface area contributed by atoms with Crippen LogP contribution in [0.3, 0.4) is 0 Å². The number of amides is 1. The Kier molecular flexibility index (Phi) is 6.11. The Balaban J connectivity index is 1.69. The number of nitrogens with zero attached hydrogens (tertiary/aromatic N) is 2. The lowest BCUT2D eigenvalue weighted by Crippen LogP contribution is -2.36. The van der Waals surface area contributed by atoms with E-state index in [4.69, 9.17) is 14.6 Å². The van der Waals surface area contributed by atoms with Gasteiger partial charge < -0.3 is 14.8 Å². The molecule has 0 aliphatic carbocycles. The summed E-state index contributed by atoms with van der Waals surface area (Å²) in [7, 11) is 0. The van der Waals surface area contributed by atoms with Crippen molar-refractivity contribution in [1.29, 1.82) is 0 Å². The first-order valence-corrected chi connectivity index (χ1v) is 11.8. The van der Waals surface area contributed by atoms with E-state index < -0.39 is 0 Å². The van der Waals surface area contributed by atoms with E-state index >= 15 is 0 Å². The van der Waals surface area contributed by atoms with Gasteiger partial charge in [0.25, 0.3) is 0 Å². The van der Waals surface area contributed by atoms with Crippen LogP contribution >= 0.6 is 11.8 Å².